The second kappa shape index (κ2) is 7.47. The number of ether oxygens (including phenoxy) is 1. The Morgan fingerprint density at radius 2 is 2.23 bits per heavy atom. The third-order valence-electron chi connectivity index (χ3n) is 6.75. The topological polar surface area (TPSA) is 53.6 Å². The number of benzene rings is 1. The smallest absolute Gasteiger partial charge is 0.227 e. The van der Waals surface area contributed by atoms with Gasteiger partial charge in [0.2, 0.25) is 5.91 Å². The van der Waals surface area contributed by atoms with Crippen LogP contribution in [0.1, 0.15) is 32.1 Å². The fourth-order valence-corrected chi connectivity index (χ4v) is 5.21. The van der Waals surface area contributed by atoms with Gasteiger partial charge in [0.05, 0.1) is 18.2 Å². The monoisotopic (exact) mass is 357 g/mol. The minimum absolute atomic E-state index is 0.140. The molecule has 2 N–H and O–H groups in total. The summed E-state index contributed by atoms with van der Waals surface area (Å²) in [6.07, 6.45) is 5.83. The molecule has 1 aromatic rings. The molecule has 5 heteroatoms. The first-order chi connectivity index (χ1) is 12.7. The molecule has 3 atom stereocenters. The van der Waals surface area contributed by atoms with E-state index in [9.17, 15) is 4.79 Å². The van der Waals surface area contributed by atoms with Crippen molar-refractivity contribution in [3.8, 4) is 5.75 Å². The molecule has 0 bridgehead atoms. The molecule has 4 rings (SSSR count). The lowest BCUT2D eigenvalue weighted by Crippen LogP contribution is -2.49. The van der Waals surface area contributed by atoms with E-state index in [4.69, 9.17) is 4.74 Å². The van der Waals surface area contributed by atoms with E-state index in [-0.39, 0.29) is 5.41 Å². The highest BCUT2D eigenvalue weighted by molar-refractivity contribution is 5.84. The predicted octanol–water partition coefficient (Wildman–Crippen LogP) is 2.42. The van der Waals surface area contributed by atoms with Gasteiger partial charge in [0, 0.05) is 26.2 Å². The van der Waals surface area contributed by atoms with Crippen LogP contribution in [-0.2, 0) is 4.79 Å². The van der Waals surface area contributed by atoms with Crippen molar-refractivity contribution in [3.05, 3.63) is 24.3 Å². The molecular formula is C21H31N3O2. The van der Waals surface area contributed by atoms with E-state index >= 15 is 0 Å². The van der Waals surface area contributed by atoms with Crippen molar-refractivity contribution < 1.29 is 9.53 Å². The van der Waals surface area contributed by atoms with E-state index < -0.39 is 0 Å². The number of methoxy groups -OCH3 is 1. The second-order valence-corrected chi connectivity index (χ2v) is 8.21. The van der Waals surface area contributed by atoms with Gasteiger partial charge in [-0.25, -0.2) is 0 Å². The van der Waals surface area contributed by atoms with Gasteiger partial charge in [-0.05, 0) is 49.8 Å². The van der Waals surface area contributed by atoms with Crippen LogP contribution in [0, 0.1) is 17.3 Å². The first-order valence-electron chi connectivity index (χ1n) is 10.1. The van der Waals surface area contributed by atoms with Gasteiger partial charge in [0.25, 0.3) is 0 Å². The van der Waals surface area contributed by atoms with Crippen LogP contribution in [-0.4, -0.2) is 45.7 Å². The third kappa shape index (κ3) is 3.18. The first kappa shape index (κ1) is 17.7. The highest BCUT2D eigenvalue weighted by Gasteiger charge is 2.49. The molecule has 2 aliphatic heterocycles. The maximum Gasteiger partial charge on any atom is 0.227 e. The summed E-state index contributed by atoms with van der Waals surface area (Å²) in [6, 6.07) is 8.20. The fourth-order valence-electron chi connectivity index (χ4n) is 5.21. The summed E-state index contributed by atoms with van der Waals surface area (Å²) in [5.74, 6) is 2.27. The quantitative estimate of drug-likeness (QED) is 0.850. The van der Waals surface area contributed by atoms with E-state index in [0.29, 0.717) is 17.7 Å². The van der Waals surface area contributed by atoms with E-state index in [0.717, 1.165) is 57.0 Å². The van der Waals surface area contributed by atoms with E-state index in [1.54, 1.807) is 7.11 Å². The first-order valence-corrected chi connectivity index (χ1v) is 10.1. The number of fused-ring (bicyclic) bond motifs is 1. The van der Waals surface area contributed by atoms with Crippen molar-refractivity contribution in [1.82, 2.24) is 10.6 Å². The van der Waals surface area contributed by atoms with Crippen molar-refractivity contribution in [1.29, 1.82) is 0 Å². The van der Waals surface area contributed by atoms with E-state index in [1.165, 1.54) is 19.3 Å². The Labute approximate surface area is 156 Å². The van der Waals surface area contributed by atoms with Gasteiger partial charge in [-0.2, -0.15) is 0 Å². The molecule has 3 fully saturated rings. The molecule has 26 heavy (non-hydrogen) atoms. The van der Waals surface area contributed by atoms with Crippen LogP contribution in [0.5, 0.6) is 5.75 Å². The minimum atomic E-state index is -0.140. The molecule has 1 saturated carbocycles. The Bertz CT molecular complexity index is 650. The van der Waals surface area contributed by atoms with Crippen molar-refractivity contribution in [2.75, 3.05) is 44.7 Å². The Balaban J connectivity index is 1.34. The van der Waals surface area contributed by atoms with Gasteiger partial charge >= 0.3 is 0 Å². The minimum Gasteiger partial charge on any atom is -0.495 e. The van der Waals surface area contributed by atoms with Crippen LogP contribution in [0.15, 0.2) is 24.3 Å². The summed E-state index contributed by atoms with van der Waals surface area (Å²) in [4.78, 5) is 15.4. The number of nitrogens with one attached hydrogen (secondary N) is 2. The van der Waals surface area contributed by atoms with Crippen molar-refractivity contribution in [2.24, 2.45) is 17.3 Å². The Kier molecular flexibility index (Phi) is 5.07. The van der Waals surface area contributed by atoms with Gasteiger partial charge in [-0.3, -0.25) is 4.79 Å². The number of amides is 1. The molecule has 2 heterocycles. The number of hydrogen-bond acceptors (Lipinski definition) is 4. The molecule has 142 valence electrons. The molecular weight excluding hydrogens is 326 g/mol. The van der Waals surface area contributed by atoms with Crippen molar-refractivity contribution in [2.45, 2.75) is 32.1 Å². The Morgan fingerprint density at radius 1 is 1.35 bits per heavy atom. The highest BCUT2D eigenvalue weighted by atomic mass is 16.5. The predicted molar refractivity (Wildman–Crippen MR) is 104 cm³/mol. The SMILES string of the molecule is COc1ccccc1N1CCC(CNC(=O)[C@@]23CCCC[C@H]2CNC3)C1. The van der Waals surface area contributed by atoms with Gasteiger partial charge in [0.15, 0.2) is 0 Å². The van der Waals surface area contributed by atoms with E-state index in [1.807, 2.05) is 12.1 Å². The summed E-state index contributed by atoms with van der Waals surface area (Å²) in [5, 5.41) is 6.79. The van der Waals surface area contributed by atoms with Gasteiger partial charge < -0.3 is 20.3 Å². The molecule has 2 saturated heterocycles. The Hall–Kier alpha value is -1.75. The molecule has 0 spiro atoms. The summed E-state index contributed by atoms with van der Waals surface area (Å²) >= 11 is 0. The van der Waals surface area contributed by atoms with Gasteiger partial charge in [-0.15, -0.1) is 0 Å². The van der Waals surface area contributed by atoms with Crippen LogP contribution in [0.4, 0.5) is 5.69 Å². The molecule has 0 radical (unpaired) electrons. The number of nitrogens with zero attached hydrogens (tertiary/aromatic N) is 1. The fraction of sp³-hybridized carbons (Fsp3) is 0.667. The lowest BCUT2D eigenvalue weighted by Gasteiger charge is -2.37. The van der Waals surface area contributed by atoms with Crippen LogP contribution in [0.3, 0.4) is 0 Å². The zero-order valence-corrected chi connectivity index (χ0v) is 15.8. The molecule has 0 aromatic heterocycles. The second-order valence-electron chi connectivity index (χ2n) is 8.21. The van der Waals surface area contributed by atoms with Crippen LogP contribution >= 0.6 is 0 Å². The number of rotatable bonds is 5. The van der Waals surface area contributed by atoms with Crippen LogP contribution in [0.2, 0.25) is 0 Å². The lowest BCUT2D eigenvalue weighted by atomic mass is 9.67. The number of carbonyl (C=O) groups is 1. The van der Waals surface area contributed by atoms with Crippen LogP contribution < -0.4 is 20.3 Å². The van der Waals surface area contributed by atoms with Crippen molar-refractivity contribution in [3.63, 3.8) is 0 Å². The Morgan fingerprint density at radius 3 is 3.12 bits per heavy atom. The molecule has 3 aliphatic rings. The normalized spacial score (nSPS) is 30.9. The maximum atomic E-state index is 13.0. The number of carbonyl (C=O) groups excluding carboxylic acids is 1. The maximum absolute atomic E-state index is 13.0. The lowest BCUT2D eigenvalue weighted by molar-refractivity contribution is -0.134. The number of para-hydroxylation sites is 2. The highest BCUT2D eigenvalue weighted by Crippen LogP contribution is 2.44. The molecule has 1 aliphatic carbocycles. The summed E-state index contributed by atoms with van der Waals surface area (Å²) in [6.45, 7) is 4.67. The summed E-state index contributed by atoms with van der Waals surface area (Å²) in [7, 11) is 1.72. The summed E-state index contributed by atoms with van der Waals surface area (Å²) < 4.78 is 5.50. The van der Waals surface area contributed by atoms with Crippen LogP contribution in [0.25, 0.3) is 0 Å². The zero-order valence-electron chi connectivity index (χ0n) is 15.8. The standard InChI is InChI=1S/C21H31N3O2/c1-26-19-8-3-2-7-18(19)24-11-9-16(14-24)12-23-20(25)21-10-5-4-6-17(21)13-22-15-21/h2-3,7-8,16-17,22H,4-6,9-15H2,1H3,(H,23,25)/t16?,17-,21+/m0/s1. The average Bonchev–Trinajstić information content (AvgIpc) is 3.33. The van der Waals surface area contributed by atoms with E-state index in [2.05, 4.69) is 27.7 Å². The van der Waals surface area contributed by atoms with Crippen molar-refractivity contribution >= 4 is 11.6 Å². The molecule has 1 aromatic carbocycles. The van der Waals surface area contributed by atoms with Gasteiger partial charge in [0.1, 0.15) is 5.75 Å². The molecule has 1 unspecified atom stereocenters. The molecule has 1 amide bonds. The summed E-state index contributed by atoms with van der Waals surface area (Å²) in [5.41, 5.74) is 1.02. The largest absolute Gasteiger partial charge is 0.495 e. The number of anilines is 1. The zero-order chi connectivity index (χ0) is 18.0. The third-order valence-corrected chi connectivity index (χ3v) is 6.75. The average molecular weight is 357 g/mol. The van der Waals surface area contributed by atoms with Gasteiger partial charge in [-0.1, -0.05) is 25.0 Å². The molecule has 5 nitrogen and oxygen atoms in total. The number of hydrogen-bond donors (Lipinski definition) is 2.